The first-order valence-electron chi connectivity index (χ1n) is 6.99. The molecule has 0 saturated carbocycles. The summed E-state index contributed by atoms with van der Waals surface area (Å²) in [5.74, 6) is 0.801. The minimum atomic E-state index is 0.00949. The van der Waals surface area contributed by atoms with Crippen molar-refractivity contribution in [3.63, 3.8) is 0 Å². The number of carbonyl (C=O) groups is 1. The van der Waals surface area contributed by atoms with Crippen molar-refractivity contribution in [2.45, 2.75) is 13.3 Å². The Hall–Kier alpha value is -1.59. The number of rotatable bonds is 5. The molecule has 2 rings (SSSR count). The Labute approximate surface area is 119 Å². The Morgan fingerprint density at radius 1 is 1.40 bits per heavy atom. The topological polar surface area (TPSA) is 64.8 Å². The summed E-state index contributed by atoms with van der Waals surface area (Å²) in [4.78, 5) is 13.9. The zero-order valence-electron chi connectivity index (χ0n) is 11.9. The van der Waals surface area contributed by atoms with Crippen LogP contribution >= 0.6 is 0 Å². The van der Waals surface area contributed by atoms with E-state index < -0.39 is 0 Å². The molecule has 0 aromatic heterocycles. The maximum Gasteiger partial charge on any atom is 0.260 e. The highest BCUT2D eigenvalue weighted by atomic mass is 16.5. The van der Waals surface area contributed by atoms with Gasteiger partial charge in [0.25, 0.3) is 5.91 Å². The lowest BCUT2D eigenvalue weighted by Gasteiger charge is -2.27. The number of hydrogen-bond donors (Lipinski definition) is 1. The molecule has 2 N–H and O–H groups in total. The summed E-state index contributed by atoms with van der Waals surface area (Å²) in [6.45, 7) is 5.12. The molecule has 5 heteroatoms. The molecule has 0 unspecified atom stereocenters. The van der Waals surface area contributed by atoms with E-state index in [9.17, 15) is 4.79 Å². The van der Waals surface area contributed by atoms with E-state index in [0.29, 0.717) is 32.8 Å². The molecule has 1 aliphatic heterocycles. The van der Waals surface area contributed by atoms with Crippen molar-refractivity contribution in [3.8, 4) is 5.75 Å². The van der Waals surface area contributed by atoms with Crippen molar-refractivity contribution in [2.24, 2.45) is 5.73 Å². The van der Waals surface area contributed by atoms with E-state index in [0.717, 1.165) is 23.3 Å². The van der Waals surface area contributed by atoms with Gasteiger partial charge in [-0.3, -0.25) is 4.79 Å². The van der Waals surface area contributed by atoms with Gasteiger partial charge in [0.2, 0.25) is 0 Å². The van der Waals surface area contributed by atoms with E-state index in [1.165, 1.54) is 0 Å². The van der Waals surface area contributed by atoms with Crippen LogP contribution in [-0.4, -0.2) is 50.3 Å². The van der Waals surface area contributed by atoms with Crippen molar-refractivity contribution in [2.75, 3.05) is 39.5 Å². The van der Waals surface area contributed by atoms with Gasteiger partial charge in [-0.2, -0.15) is 0 Å². The number of nitrogens with zero attached hydrogens (tertiary/aromatic N) is 1. The van der Waals surface area contributed by atoms with E-state index in [4.69, 9.17) is 15.2 Å². The second kappa shape index (κ2) is 7.26. The van der Waals surface area contributed by atoms with E-state index >= 15 is 0 Å². The molecule has 0 atom stereocenters. The van der Waals surface area contributed by atoms with Crippen molar-refractivity contribution >= 4 is 5.91 Å². The van der Waals surface area contributed by atoms with Gasteiger partial charge in [0.1, 0.15) is 5.75 Å². The first-order valence-corrected chi connectivity index (χ1v) is 6.99. The Kier molecular flexibility index (Phi) is 5.38. The Morgan fingerprint density at radius 2 is 2.15 bits per heavy atom. The van der Waals surface area contributed by atoms with E-state index in [1.807, 2.05) is 25.1 Å². The van der Waals surface area contributed by atoms with Gasteiger partial charge in [-0.15, -0.1) is 0 Å². The zero-order chi connectivity index (χ0) is 14.4. The molecular weight excluding hydrogens is 256 g/mol. The molecule has 1 aliphatic rings. The van der Waals surface area contributed by atoms with Gasteiger partial charge in [-0.05, 0) is 31.0 Å². The lowest BCUT2D eigenvalue weighted by molar-refractivity contribution is -0.137. The SMILES string of the molecule is Cc1cccc(CCN)c1OCC(=O)N1CCOCC1. The first kappa shape index (κ1) is 14.8. The molecule has 1 heterocycles. The van der Waals surface area contributed by atoms with Gasteiger partial charge in [-0.25, -0.2) is 0 Å². The van der Waals surface area contributed by atoms with Crippen LogP contribution in [0.25, 0.3) is 0 Å². The fraction of sp³-hybridized carbons (Fsp3) is 0.533. The fourth-order valence-electron chi connectivity index (χ4n) is 2.31. The lowest BCUT2D eigenvalue weighted by Crippen LogP contribution is -2.43. The summed E-state index contributed by atoms with van der Waals surface area (Å²) >= 11 is 0. The van der Waals surface area contributed by atoms with Crippen LogP contribution in [0.15, 0.2) is 18.2 Å². The maximum atomic E-state index is 12.1. The third-order valence-electron chi connectivity index (χ3n) is 3.41. The van der Waals surface area contributed by atoms with Crippen LogP contribution in [0.5, 0.6) is 5.75 Å². The van der Waals surface area contributed by atoms with E-state index in [2.05, 4.69) is 0 Å². The lowest BCUT2D eigenvalue weighted by atomic mass is 10.1. The average molecular weight is 278 g/mol. The molecule has 0 bridgehead atoms. The molecule has 20 heavy (non-hydrogen) atoms. The third-order valence-corrected chi connectivity index (χ3v) is 3.41. The molecule has 5 nitrogen and oxygen atoms in total. The predicted octanol–water partition coefficient (Wildman–Crippen LogP) is 0.734. The summed E-state index contributed by atoms with van der Waals surface area (Å²) in [6, 6.07) is 5.96. The molecule has 0 spiro atoms. The summed E-state index contributed by atoms with van der Waals surface area (Å²) in [5, 5.41) is 0. The van der Waals surface area contributed by atoms with Crippen LogP contribution in [0.4, 0.5) is 0 Å². The van der Waals surface area contributed by atoms with Gasteiger partial charge in [0.15, 0.2) is 6.61 Å². The summed E-state index contributed by atoms with van der Waals surface area (Å²) in [6.07, 6.45) is 0.753. The number of ether oxygens (including phenoxy) is 2. The van der Waals surface area contributed by atoms with Crippen molar-refractivity contribution in [3.05, 3.63) is 29.3 Å². The van der Waals surface area contributed by atoms with Crippen molar-refractivity contribution in [1.29, 1.82) is 0 Å². The van der Waals surface area contributed by atoms with Gasteiger partial charge in [-0.1, -0.05) is 18.2 Å². The average Bonchev–Trinajstić information content (AvgIpc) is 2.47. The zero-order valence-corrected chi connectivity index (χ0v) is 11.9. The van der Waals surface area contributed by atoms with Gasteiger partial charge < -0.3 is 20.1 Å². The fourth-order valence-corrected chi connectivity index (χ4v) is 2.31. The number of nitrogens with two attached hydrogens (primary N) is 1. The number of amides is 1. The van der Waals surface area contributed by atoms with Crippen LogP contribution in [0, 0.1) is 6.92 Å². The predicted molar refractivity (Wildman–Crippen MR) is 76.8 cm³/mol. The molecule has 0 radical (unpaired) electrons. The van der Waals surface area contributed by atoms with Crippen LogP contribution in [-0.2, 0) is 16.0 Å². The number of hydrogen-bond acceptors (Lipinski definition) is 4. The Balaban J connectivity index is 1.97. The summed E-state index contributed by atoms with van der Waals surface area (Å²) in [7, 11) is 0. The number of para-hydroxylation sites is 1. The van der Waals surface area contributed by atoms with E-state index in [-0.39, 0.29) is 12.5 Å². The molecule has 1 aromatic rings. The minimum absolute atomic E-state index is 0.00949. The van der Waals surface area contributed by atoms with Crippen LogP contribution in [0.1, 0.15) is 11.1 Å². The molecule has 1 fully saturated rings. The van der Waals surface area contributed by atoms with Crippen LogP contribution in [0.3, 0.4) is 0 Å². The standard InChI is InChI=1S/C15H22N2O3/c1-12-3-2-4-13(5-6-16)15(12)20-11-14(18)17-7-9-19-10-8-17/h2-4H,5-11,16H2,1H3. The molecular formula is C15H22N2O3. The summed E-state index contributed by atoms with van der Waals surface area (Å²) in [5.41, 5.74) is 7.70. The van der Waals surface area contributed by atoms with E-state index in [1.54, 1.807) is 4.90 Å². The Morgan fingerprint density at radius 3 is 2.85 bits per heavy atom. The first-order chi connectivity index (χ1) is 9.72. The molecule has 0 aliphatic carbocycles. The summed E-state index contributed by atoms with van der Waals surface area (Å²) < 4.78 is 11.0. The van der Waals surface area contributed by atoms with Crippen molar-refractivity contribution in [1.82, 2.24) is 4.90 Å². The number of carbonyl (C=O) groups excluding carboxylic acids is 1. The Bertz CT molecular complexity index is 456. The molecule has 1 aromatic carbocycles. The highest BCUT2D eigenvalue weighted by Gasteiger charge is 2.18. The third kappa shape index (κ3) is 3.71. The van der Waals surface area contributed by atoms with Gasteiger partial charge in [0, 0.05) is 13.1 Å². The largest absolute Gasteiger partial charge is 0.483 e. The highest BCUT2D eigenvalue weighted by molar-refractivity contribution is 5.78. The maximum absolute atomic E-state index is 12.1. The quantitative estimate of drug-likeness (QED) is 0.862. The number of benzene rings is 1. The van der Waals surface area contributed by atoms with Gasteiger partial charge in [0.05, 0.1) is 13.2 Å². The van der Waals surface area contributed by atoms with Crippen LogP contribution in [0.2, 0.25) is 0 Å². The molecule has 110 valence electrons. The van der Waals surface area contributed by atoms with Gasteiger partial charge >= 0.3 is 0 Å². The number of aryl methyl sites for hydroxylation is 1. The number of morpholine rings is 1. The second-order valence-electron chi connectivity index (χ2n) is 4.88. The smallest absolute Gasteiger partial charge is 0.260 e. The second-order valence-corrected chi connectivity index (χ2v) is 4.88. The minimum Gasteiger partial charge on any atom is -0.483 e. The van der Waals surface area contributed by atoms with Crippen molar-refractivity contribution < 1.29 is 14.3 Å². The molecule has 1 saturated heterocycles. The molecule has 1 amide bonds. The van der Waals surface area contributed by atoms with Crippen LogP contribution < -0.4 is 10.5 Å². The monoisotopic (exact) mass is 278 g/mol. The highest BCUT2D eigenvalue weighted by Crippen LogP contribution is 2.23. The normalized spacial score (nSPS) is 15.2.